The number of carbonyl (C=O) groups excluding carboxylic acids is 1. The smallest absolute Gasteiger partial charge is 0.241 e. The van der Waals surface area contributed by atoms with Crippen LogP contribution in [0.3, 0.4) is 0 Å². The van der Waals surface area contributed by atoms with Crippen molar-refractivity contribution in [1.82, 2.24) is 10.2 Å². The van der Waals surface area contributed by atoms with E-state index in [-0.39, 0.29) is 11.9 Å². The Morgan fingerprint density at radius 3 is 2.07 bits per heavy atom. The Balaban J connectivity index is 1.68. The van der Waals surface area contributed by atoms with Crippen LogP contribution in [0.15, 0.2) is 48.5 Å². The van der Waals surface area contributed by atoms with Crippen LogP contribution < -0.4 is 11.1 Å². The molecule has 5 nitrogen and oxygen atoms in total. The number of morpholine rings is 1. The summed E-state index contributed by atoms with van der Waals surface area (Å²) in [5, 5.41) is 3.06. The fourth-order valence-corrected chi connectivity index (χ4v) is 3.37. The third kappa shape index (κ3) is 5.16. The number of nitrogens with zero attached hydrogens (tertiary/aromatic N) is 1. The molecule has 2 aromatic carbocycles. The van der Waals surface area contributed by atoms with Crippen LogP contribution in [-0.2, 0) is 9.53 Å². The molecule has 2 unspecified atom stereocenters. The van der Waals surface area contributed by atoms with E-state index in [2.05, 4.69) is 41.4 Å². The van der Waals surface area contributed by atoms with Gasteiger partial charge in [-0.3, -0.25) is 9.69 Å². The number of rotatable bonds is 6. The Hall–Kier alpha value is -2.21. The zero-order valence-corrected chi connectivity index (χ0v) is 16.2. The second-order valence-electron chi connectivity index (χ2n) is 7.21. The molecule has 1 saturated heterocycles. The van der Waals surface area contributed by atoms with Crippen molar-refractivity contribution in [3.05, 3.63) is 70.8 Å². The molecule has 3 rings (SSSR count). The summed E-state index contributed by atoms with van der Waals surface area (Å²) in [6, 6.07) is 15.8. The van der Waals surface area contributed by atoms with Crippen LogP contribution in [0, 0.1) is 13.8 Å². The first-order valence-corrected chi connectivity index (χ1v) is 9.53. The number of ether oxygens (including phenoxy) is 1. The van der Waals surface area contributed by atoms with E-state index in [1.807, 2.05) is 31.2 Å². The average molecular weight is 367 g/mol. The highest BCUT2D eigenvalue weighted by Crippen LogP contribution is 2.22. The monoisotopic (exact) mass is 367 g/mol. The highest BCUT2D eigenvalue weighted by Gasteiger charge is 2.24. The molecular formula is C22H29N3O2. The highest BCUT2D eigenvalue weighted by atomic mass is 16.5. The van der Waals surface area contributed by atoms with Gasteiger partial charge in [-0.1, -0.05) is 59.7 Å². The quantitative estimate of drug-likeness (QED) is 0.823. The number of nitrogens with one attached hydrogen (secondary N) is 1. The van der Waals surface area contributed by atoms with Gasteiger partial charge in [0.15, 0.2) is 0 Å². The van der Waals surface area contributed by atoms with Gasteiger partial charge in [-0.25, -0.2) is 0 Å². The molecular weight excluding hydrogens is 338 g/mol. The van der Waals surface area contributed by atoms with Crippen molar-refractivity contribution in [2.45, 2.75) is 25.9 Å². The van der Waals surface area contributed by atoms with Gasteiger partial charge >= 0.3 is 0 Å². The van der Waals surface area contributed by atoms with Crippen LogP contribution in [0.1, 0.15) is 34.3 Å². The minimum atomic E-state index is -0.658. The van der Waals surface area contributed by atoms with E-state index in [1.54, 1.807) is 0 Å². The standard InChI is InChI=1S/C22H29N3O2/c1-16-3-7-18(8-4-16)20(25-11-13-27-14-12-25)15-24-22(26)21(23)19-9-5-17(2)6-10-19/h3-10,20-21H,11-15,23H2,1-2H3,(H,24,26). The molecule has 1 amide bonds. The van der Waals surface area contributed by atoms with Crippen molar-refractivity contribution < 1.29 is 9.53 Å². The minimum Gasteiger partial charge on any atom is -0.379 e. The zero-order valence-electron chi connectivity index (χ0n) is 16.2. The molecule has 1 fully saturated rings. The second kappa shape index (κ2) is 9.13. The van der Waals surface area contributed by atoms with Crippen LogP contribution >= 0.6 is 0 Å². The highest BCUT2D eigenvalue weighted by molar-refractivity contribution is 5.83. The summed E-state index contributed by atoms with van der Waals surface area (Å²) < 4.78 is 5.49. The topological polar surface area (TPSA) is 67.6 Å². The Morgan fingerprint density at radius 2 is 1.52 bits per heavy atom. The summed E-state index contributed by atoms with van der Waals surface area (Å²) in [4.78, 5) is 15.0. The summed E-state index contributed by atoms with van der Waals surface area (Å²) in [7, 11) is 0. The lowest BCUT2D eigenvalue weighted by Crippen LogP contribution is -2.45. The van der Waals surface area contributed by atoms with E-state index in [1.165, 1.54) is 11.1 Å². The molecule has 0 bridgehead atoms. The van der Waals surface area contributed by atoms with Crippen molar-refractivity contribution in [3.8, 4) is 0 Å². The Morgan fingerprint density at radius 1 is 1.00 bits per heavy atom. The van der Waals surface area contributed by atoms with Gasteiger partial charge in [0.2, 0.25) is 5.91 Å². The van der Waals surface area contributed by atoms with Crippen molar-refractivity contribution in [3.63, 3.8) is 0 Å². The van der Waals surface area contributed by atoms with Gasteiger partial charge in [0.05, 0.1) is 19.3 Å². The molecule has 3 N–H and O–H groups in total. The van der Waals surface area contributed by atoms with Crippen LogP contribution in [0.25, 0.3) is 0 Å². The molecule has 1 aliphatic heterocycles. The van der Waals surface area contributed by atoms with Gasteiger partial charge in [0, 0.05) is 19.6 Å². The number of hydrogen-bond acceptors (Lipinski definition) is 4. The summed E-state index contributed by atoms with van der Waals surface area (Å²) in [6.07, 6.45) is 0. The maximum absolute atomic E-state index is 12.6. The molecule has 0 radical (unpaired) electrons. The Bertz CT molecular complexity index is 737. The Labute approximate surface area is 161 Å². The third-order valence-electron chi connectivity index (χ3n) is 5.14. The fourth-order valence-electron chi connectivity index (χ4n) is 3.37. The van der Waals surface area contributed by atoms with E-state index in [4.69, 9.17) is 10.5 Å². The van der Waals surface area contributed by atoms with Gasteiger partial charge < -0.3 is 15.8 Å². The largest absolute Gasteiger partial charge is 0.379 e. The molecule has 5 heteroatoms. The normalized spacial score (nSPS) is 17.3. The number of benzene rings is 2. The summed E-state index contributed by atoms with van der Waals surface area (Å²) in [6.45, 7) is 7.79. The van der Waals surface area contributed by atoms with E-state index >= 15 is 0 Å². The molecule has 0 aliphatic carbocycles. The maximum atomic E-state index is 12.6. The van der Waals surface area contributed by atoms with Crippen LogP contribution in [0.5, 0.6) is 0 Å². The van der Waals surface area contributed by atoms with E-state index in [0.29, 0.717) is 6.54 Å². The number of amides is 1. The summed E-state index contributed by atoms with van der Waals surface area (Å²) >= 11 is 0. The second-order valence-corrected chi connectivity index (χ2v) is 7.21. The lowest BCUT2D eigenvalue weighted by atomic mass is 10.0. The van der Waals surface area contributed by atoms with E-state index in [0.717, 1.165) is 37.4 Å². The van der Waals surface area contributed by atoms with Crippen LogP contribution in [0.2, 0.25) is 0 Å². The first kappa shape index (κ1) is 19.5. The number of nitrogens with two attached hydrogens (primary N) is 1. The Kier molecular flexibility index (Phi) is 6.61. The summed E-state index contributed by atoms with van der Waals surface area (Å²) in [5.41, 5.74) is 10.6. The van der Waals surface area contributed by atoms with Gasteiger partial charge in [-0.2, -0.15) is 0 Å². The predicted octanol–water partition coefficient (Wildman–Crippen LogP) is 2.49. The fraction of sp³-hybridized carbons (Fsp3) is 0.409. The molecule has 0 saturated carbocycles. The average Bonchev–Trinajstić information content (AvgIpc) is 2.70. The number of aryl methyl sites for hydroxylation is 2. The molecule has 0 aromatic heterocycles. The third-order valence-corrected chi connectivity index (χ3v) is 5.14. The van der Waals surface area contributed by atoms with Crippen molar-refractivity contribution >= 4 is 5.91 Å². The van der Waals surface area contributed by atoms with Crippen LogP contribution in [0.4, 0.5) is 0 Å². The van der Waals surface area contributed by atoms with Gasteiger partial charge in [0.25, 0.3) is 0 Å². The lowest BCUT2D eigenvalue weighted by Gasteiger charge is -2.35. The van der Waals surface area contributed by atoms with Crippen LogP contribution in [-0.4, -0.2) is 43.7 Å². The molecule has 2 atom stereocenters. The predicted molar refractivity (Wildman–Crippen MR) is 107 cm³/mol. The molecule has 1 heterocycles. The van der Waals surface area contributed by atoms with Gasteiger partial charge in [0.1, 0.15) is 6.04 Å². The first-order chi connectivity index (χ1) is 13.0. The van der Waals surface area contributed by atoms with Crippen molar-refractivity contribution in [2.24, 2.45) is 5.73 Å². The summed E-state index contributed by atoms with van der Waals surface area (Å²) in [5.74, 6) is -0.149. The molecule has 27 heavy (non-hydrogen) atoms. The zero-order chi connectivity index (χ0) is 19.2. The van der Waals surface area contributed by atoms with E-state index < -0.39 is 6.04 Å². The molecule has 0 spiro atoms. The number of hydrogen-bond donors (Lipinski definition) is 2. The maximum Gasteiger partial charge on any atom is 0.241 e. The van der Waals surface area contributed by atoms with Crippen molar-refractivity contribution in [2.75, 3.05) is 32.8 Å². The van der Waals surface area contributed by atoms with Gasteiger partial charge in [-0.05, 0) is 25.0 Å². The molecule has 2 aromatic rings. The lowest BCUT2D eigenvalue weighted by molar-refractivity contribution is -0.122. The first-order valence-electron chi connectivity index (χ1n) is 9.53. The van der Waals surface area contributed by atoms with Crippen molar-refractivity contribution in [1.29, 1.82) is 0 Å². The van der Waals surface area contributed by atoms with E-state index in [9.17, 15) is 4.79 Å². The minimum absolute atomic E-state index is 0.115. The number of carbonyl (C=O) groups is 1. The SMILES string of the molecule is Cc1ccc(C(N)C(=O)NCC(c2ccc(C)cc2)N2CCOCC2)cc1. The molecule has 144 valence electrons. The molecule has 1 aliphatic rings. The van der Waals surface area contributed by atoms with Gasteiger partial charge in [-0.15, -0.1) is 0 Å².